The molecule has 2 aromatic carbocycles. The average molecular weight is 476 g/mol. The monoisotopic (exact) mass is 474 g/mol. The van der Waals surface area contributed by atoms with Crippen molar-refractivity contribution in [1.82, 2.24) is 10.2 Å². The normalized spacial score (nSPS) is 13.8. The minimum absolute atomic E-state index is 0. The van der Waals surface area contributed by atoms with E-state index in [2.05, 4.69) is 16.3 Å². The Morgan fingerprint density at radius 3 is 2.50 bits per heavy atom. The number of halogens is 3. The van der Waals surface area contributed by atoms with Crippen LogP contribution in [0.15, 0.2) is 42.5 Å². The molecule has 1 aliphatic rings. The van der Waals surface area contributed by atoms with Crippen LogP contribution in [0.4, 0.5) is 0 Å². The minimum Gasteiger partial charge on any atom is -1.00 e. The number of methoxy groups -OCH3 is 1. The summed E-state index contributed by atoms with van der Waals surface area (Å²) in [4.78, 5) is 2.46. The lowest BCUT2D eigenvalue weighted by Gasteiger charge is -2.26. The van der Waals surface area contributed by atoms with Crippen molar-refractivity contribution < 1.29 is 39.0 Å². The highest BCUT2D eigenvalue weighted by molar-refractivity contribution is 6.30. The van der Waals surface area contributed by atoms with E-state index in [1.54, 1.807) is 7.11 Å². The number of ether oxygens (including phenoxy) is 3. The van der Waals surface area contributed by atoms with Crippen molar-refractivity contribution >= 4 is 11.6 Å². The van der Waals surface area contributed by atoms with Crippen molar-refractivity contribution in [3.05, 3.63) is 58.6 Å². The number of hydrogen-bond donors (Lipinski definition) is 1. The van der Waals surface area contributed by atoms with Gasteiger partial charge in [-0.3, -0.25) is 4.90 Å². The molecule has 1 saturated heterocycles. The van der Waals surface area contributed by atoms with Crippen LogP contribution >= 0.6 is 11.6 Å². The molecular weight excluding hydrogens is 447 g/mol. The van der Waals surface area contributed by atoms with Gasteiger partial charge in [0.25, 0.3) is 0 Å². The lowest BCUT2D eigenvalue weighted by molar-refractivity contribution is -0.001000. The van der Waals surface area contributed by atoms with Crippen LogP contribution in [0, 0.1) is 0 Å². The number of rotatable bonds is 10. The Labute approximate surface area is 196 Å². The van der Waals surface area contributed by atoms with Gasteiger partial charge in [-0.25, -0.2) is 0 Å². The molecule has 0 bridgehead atoms. The third-order valence-corrected chi connectivity index (χ3v) is 5.08. The van der Waals surface area contributed by atoms with Crippen LogP contribution in [0.2, 0.25) is 5.02 Å². The molecule has 0 atom stereocenters. The summed E-state index contributed by atoms with van der Waals surface area (Å²) in [5.41, 5.74) is 2.17. The molecule has 30 heavy (non-hydrogen) atoms. The van der Waals surface area contributed by atoms with E-state index in [0.717, 1.165) is 80.0 Å². The number of hydrogen-bond acceptors (Lipinski definition) is 5. The maximum Gasteiger partial charge on any atom is 0.166 e. The van der Waals surface area contributed by atoms with E-state index in [4.69, 9.17) is 25.8 Å². The Kier molecular flexibility index (Phi) is 13.2. The highest BCUT2D eigenvalue weighted by Gasteiger charge is 2.12. The molecule has 3 rings (SSSR count). The fourth-order valence-corrected chi connectivity index (χ4v) is 3.36. The van der Waals surface area contributed by atoms with E-state index in [9.17, 15) is 0 Å². The van der Waals surface area contributed by atoms with Crippen LogP contribution in [0.5, 0.6) is 11.5 Å². The van der Waals surface area contributed by atoms with Gasteiger partial charge in [-0.05, 0) is 43.3 Å². The van der Waals surface area contributed by atoms with E-state index in [0.29, 0.717) is 6.61 Å². The average Bonchev–Trinajstić information content (AvgIpc) is 2.74. The van der Waals surface area contributed by atoms with Crippen molar-refractivity contribution in [3.8, 4) is 11.5 Å². The molecule has 5 nitrogen and oxygen atoms in total. The van der Waals surface area contributed by atoms with Gasteiger partial charge in [0.1, 0.15) is 6.61 Å². The second-order valence-electron chi connectivity index (χ2n) is 6.85. The summed E-state index contributed by atoms with van der Waals surface area (Å²) in [6, 6.07) is 13.7. The minimum atomic E-state index is 0. The first-order chi connectivity index (χ1) is 13.8. The lowest BCUT2D eigenvalue weighted by atomic mass is 10.1. The summed E-state index contributed by atoms with van der Waals surface area (Å²) in [7, 11) is 1.67. The SMILES string of the molecule is COc1cccc(CNCCCN2CCOCC2)c1OCc1ccc(Cl)cc1.[Cl-].[Cl-]. The molecule has 2 aromatic rings. The first kappa shape index (κ1) is 26.8. The van der Waals surface area contributed by atoms with Crippen LogP contribution in [-0.4, -0.2) is 51.4 Å². The zero-order valence-corrected chi connectivity index (χ0v) is 19.5. The zero-order valence-electron chi connectivity index (χ0n) is 17.2. The summed E-state index contributed by atoms with van der Waals surface area (Å²) in [6.07, 6.45) is 1.12. The number of para-hydroxylation sites is 1. The Hall–Kier alpha value is -1.21. The van der Waals surface area contributed by atoms with Crippen LogP contribution < -0.4 is 39.6 Å². The molecule has 0 aromatic heterocycles. The van der Waals surface area contributed by atoms with Gasteiger partial charge < -0.3 is 44.3 Å². The number of nitrogens with zero attached hydrogens (tertiary/aromatic N) is 1. The van der Waals surface area contributed by atoms with Gasteiger partial charge in [-0.1, -0.05) is 35.9 Å². The molecule has 0 radical (unpaired) electrons. The lowest BCUT2D eigenvalue weighted by Crippen LogP contribution is -3.00. The van der Waals surface area contributed by atoms with Crippen molar-refractivity contribution in [2.24, 2.45) is 0 Å². The predicted molar refractivity (Wildman–Crippen MR) is 112 cm³/mol. The van der Waals surface area contributed by atoms with E-state index in [-0.39, 0.29) is 24.8 Å². The molecule has 1 heterocycles. The quantitative estimate of drug-likeness (QED) is 0.393. The number of morpholine rings is 1. The smallest absolute Gasteiger partial charge is 0.166 e. The predicted octanol–water partition coefficient (Wildman–Crippen LogP) is -2.25. The zero-order chi connectivity index (χ0) is 19.6. The van der Waals surface area contributed by atoms with Crippen LogP contribution in [0.1, 0.15) is 17.5 Å². The van der Waals surface area contributed by atoms with Gasteiger partial charge >= 0.3 is 0 Å². The summed E-state index contributed by atoms with van der Waals surface area (Å²) in [5, 5.41) is 4.25. The molecule has 8 heteroatoms. The van der Waals surface area contributed by atoms with Gasteiger partial charge in [0.2, 0.25) is 0 Å². The van der Waals surface area contributed by atoms with Gasteiger partial charge in [0, 0.05) is 30.2 Å². The Bertz CT molecular complexity index is 726. The van der Waals surface area contributed by atoms with Crippen molar-refractivity contribution in [1.29, 1.82) is 0 Å². The topological polar surface area (TPSA) is 43.0 Å². The first-order valence-corrected chi connectivity index (χ1v) is 10.2. The maximum atomic E-state index is 6.11. The van der Waals surface area contributed by atoms with Gasteiger partial charge in [0.15, 0.2) is 11.5 Å². The number of benzene rings is 2. The van der Waals surface area contributed by atoms with Crippen LogP contribution in [0.25, 0.3) is 0 Å². The molecule has 1 N–H and O–H groups in total. The Morgan fingerprint density at radius 2 is 1.80 bits per heavy atom. The third kappa shape index (κ3) is 8.50. The highest BCUT2D eigenvalue weighted by Crippen LogP contribution is 2.32. The van der Waals surface area contributed by atoms with E-state index in [1.165, 1.54) is 0 Å². The van der Waals surface area contributed by atoms with Crippen molar-refractivity contribution in [3.63, 3.8) is 0 Å². The molecule has 0 saturated carbocycles. The van der Waals surface area contributed by atoms with E-state index < -0.39 is 0 Å². The van der Waals surface area contributed by atoms with Gasteiger partial charge in [-0.15, -0.1) is 0 Å². The molecule has 1 fully saturated rings. The van der Waals surface area contributed by atoms with Gasteiger partial charge in [-0.2, -0.15) is 0 Å². The molecule has 0 amide bonds. The molecule has 0 unspecified atom stereocenters. The largest absolute Gasteiger partial charge is 1.00 e. The second-order valence-corrected chi connectivity index (χ2v) is 7.28. The summed E-state index contributed by atoms with van der Waals surface area (Å²) in [5.74, 6) is 1.54. The van der Waals surface area contributed by atoms with E-state index >= 15 is 0 Å². The van der Waals surface area contributed by atoms with Gasteiger partial charge in [0.05, 0.1) is 20.3 Å². The highest BCUT2D eigenvalue weighted by atomic mass is 35.5. The Balaban J connectivity index is 0.00000225. The fourth-order valence-electron chi connectivity index (χ4n) is 3.24. The molecule has 1 aliphatic heterocycles. The molecule has 0 aliphatic carbocycles. The maximum absolute atomic E-state index is 6.11. The first-order valence-electron chi connectivity index (χ1n) is 9.80. The van der Waals surface area contributed by atoms with Crippen LogP contribution in [0.3, 0.4) is 0 Å². The Morgan fingerprint density at radius 1 is 1.07 bits per heavy atom. The molecular formula is C22H29Cl3N2O3-2. The fraction of sp³-hybridized carbons (Fsp3) is 0.455. The number of nitrogens with one attached hydrogen (secondary N) is 1. The molecule has 0 spiro atoms. The second kappa shape index (κ2) is 14.7. The van der Waals surface area contributed by atoms with Crippen LogP contribution in [-0.2, 0) is 17.9 Å². The third-order valence-electron chi connectivity index (χ3n) is 4.82. The van der Waals surface area contributed by atoms with Crippen molar-refractivity contribution in [2.75, 3.05) is 46.5 Å². The van der Waals surface area contributed by atoms with E-state index in [1.807, 2.05) is 36.4 Å². The van der Waals surface area contributed by atoms with Crippen molar-refractivity contribution in [2.45, 2.75) is 19.6 Å². The summed E-state index contributed by atoms with van der Waals surface area (Å²) in [6.45, 7) is 7.08. The summed E-state index contributed by atoms with van der Waals surface area (Å²) >= 11 is 5.96. The standard InChI is InChI=1S/C22H29ClN2O3.2ClH/c1-26-21-5-2-4-19(16-24-10-3-11-25-12-14-27-15-13-25)22(21)28-17-18-6-8-20(23)9-7-18;;/h2,4-9,24H,3,10-17H2,1H3;2*1H/p-2. The molecule has 168 valence electrons. The summed E-state index contributed by atoms with van der Waals surface area (Å²) < 4.78 is 17.0.